The number of rotatable bonds is 1. The molecule has 0 aromatic heterocycles. The van der Waals surface area contributed by atoms with Crippen molar-refractivity contribution >= 4 is 11.9 Å². The number of nitrogens with zero attached hydrogens (tertiary/aromatic N) is 1. The molecule has 29 heavy (non-hydrogen) atoms. The standard InChI is InChI=1S/C24H38N2O3/c1-22(2,3)25-21(28)29-20-8-7-17-16-14-26(6)19-13-15(27)9-11-23(19,4)18(16)10-12-24(17,20)5/h13,16-18,20H,7-12,14H2,1-6H3,(H,25,28)/t16-,17-,18+,20?,23+,24-/m0/s1. The fraction of sp³-hybridized carbons (Fsp3) is 0.833. The second-order valence-corrected chi connectivity index (χ2v) is 11.6. The summed E-state index contributed by atoms with van der Waals surface area (Å²) >= 11 is 0. The zero-order valence-corrected chi connectivity index (χ0v) is 19.0. The van der Waals surface area contributed by atoms with E-state index in [2.05, 4.69) is 31.1 Å². The number of piperidine rings is 1. The van der Waals surface area contributed by atoms with Gasteiger partial charge in [-0.1, -0.05) is 13.8 Å². The smallest absolute Gasteiger partial charge is 0.407 e. The summed E-state index contributed by atoms with van der Waals surface area (Å²) in [5.74, 6) is 2.08. The number of likely N-dealkylation sites (tertiary alicyclic amines) is 1. The molecular weight excluding hydrogens is 364 g/mol. The molecule has 1 N–H and O–H groups in total. The maximum Gasteiger partial charge on any atom is 0.407 e. The van der Waals surface area contributed by atoms with Crippen LogP contribution in [0.2, 0.25) is 0 Å². The van der Waals surface area contributed by atoms with Gasteiger partial charge in [0.2, 0.25) is 0 Å². The fourth-order valence-corrected chi connectivity index (χ4v) is 7.18. The van der Waals surface area contributed by atoms with Crippen LogP contribution in [0.5, 0.6) is 0 Å². The third-order valence-corrected chi connectivity index (χ3v) is 8.56. The third-order valence-electron chi connectivity index (χ3n) is 8.56. The van der Waals surface area contributed by atoms with Crippen molar-refractivity contribution in [2.45, 2.75) is 84.8 Å². The Kier molecular flexibility index (Phi) is 4.83. The lowest BCUT2D eigenvalue weighted by Crippen LogP contribution is -2.57. The van der Waals surface area contributed by atoms with Crippen LogP contribution in [0, 0.1) is 28.6 Å². The normalized spacial score (nSPS) is 41.8. The number of alkyl carbamates (subject to hydrolysis) is 1. The number of carbonyl (C=O) groups excluding carboxylic acids is 2. The van der Waals surface area contributed by atoms with Gasteiger partial charge in [-0.25, -0.2) is 4.79 Å². The molecule has 162 valence electrons. The lowest BCUT2D eigenvalue weighted by molar-refractivity contribution is -0.120. The van der Waals surface area contributed by atoms with Gasteiger partial charge in [-0.05, 0) is 70.6 Å². The number of carbonyl (C=O) groups is 2. The number of fused-ring (bicyclic) bond motifs is 5. The molecule has 0 bridgehead atoms. The molecule has 1 amide bonds. The van der Waals surface area contributed by atoms with Crippen LogP contribution in [0.3, 0.4) is 0 Å². The Labute approximate surface area is 175 Å². The van der Waals surface area contributed by atoms with Crippen LogP contribution in [0.15, 0.2) is 11.8 Å². The predicted molar refractivity (Wildman–Crippen MR) is 113 cm³/mol. The van der Waals surface area contributed by atoms with Gasteiger partial charge in [0.25, 0.3) is 0 Å². The van der Waals surface area contributed by atoms with Crippen molar-refractivity contribution < 1.29 is 14.3 Å². The molecule has 1 heterocycles. The van der Waals surface area contributed by atoms with E-state index in [1.165, 1.54) is 5.70 Å². The average Bonchev–Trinajstić information content (AvgIpc) is 2.92. The molecule has 3 aliphatic carbocycles. The first-order valence-electron chi connectivity index (χ1n) is 11.4. The number of ether oxygens (including phenoxy) is 1. The number of nitrogens with one attached hydrogen (secondary N) is 1. The molecule has 0 aromatic carbocycles. The summed E-state index contributed by atoms with van der Waals surface area (Å²) in [5.41, 5.74) is 1.14. The first-order valence-corrected chi connectivity index (χ1v) is 11.4. The van der Waals surface area contributed by atoms with Crippen LogP contribution in [-0.2, 0) is 9.53 Å². The second kappa shape index (κ2) is 6.75. The molecule has 1 unspecified atom stereocenters. The maximum atomic E-state index is 12.5. The Morgan fingerprint density at radius 2 is 1.90 bits per heavy atom. The van der Waals surface area contributed by atoms with E-state index in [0.717, 1.165) is 38.6 Å². The lowest BCUT2D eigenvalue weighted by atomic mass is 9.50. The third kappa shape index (κ3) is 3.38. The second-order valence-electron chi connectivity index (χ2n) is 11.6. The van der Waals surface area contributed by atoms with E-state index in [4.69, 9.17) is 4.74 Å². The van der Waals surface area contributed by atoms with Gasteiger partial charge in [-0.3, -0.25) is 4.79 Å². The van der Waals surface area contributed by atoms with Crippen LogP contribution < -0.4 is 5.32 Å². The van der Waals surface area contributed by atoms with Crippen molar-refractivity contribution in [1.29, 1.82) is 0 Å². The molecule has 4 aliphatic rings. The highest BCUT2D eigenvalue weighted by atomic mass is 16.6. The number of hydrogen-bond donors (Lipinski definition) is 1. The fourth-order valence-electron chi connectivity index (χ4n) is 7.18. The van der Waals surface area contributed by atoms with E-state index >= 15 is 0 Å². The highest BCUT2D eigenvalue weighted by Gasteiger charge is 2.61. The van der Waals surface area contributed by atoms with E-state index in [9.17, 15) is 9.59 Å². The molecule has 2 saturated carbocycles. The molecule has 3 fully saturated rings. The molecular formula is C24H38N2O3. The van der Waals surface area contributed by atoms with Crippen molar-refractivity contribution in [3.8, 4) is 0 Å². The van der Waals surface area contributed by atoms with Crippen molar-refractivity contribution in [2.24, 2.45) is 28.6 Å². The van der Waals surface area contributed by atoms with Crippen LogP contribution in [0.1, 0.15) is 73.1 Å². The minimum Gasteiger partial charge on any atom is -0.446 e. The zero-order chi connectivity index (χ0) is 21.2. The minimum atomic E-state index is -0.282. The monoisotopic (exact) mass is 402 g/mol. The first-order chi connectivity index (χ1) is 13.4. The molecule has 1 saturated heterocycles. The summed E-state index contributed by atoms with van der Waals surface area (Å²) < 4.78 is 5.99. The first kappa shape index (κ1) is 20.7. The van der Waals surface area contributed by atoms with E-state index in [1.54, 1.807) is 0 Å². The van der Waals surface area contributed by atoms with Gasteiger partial charge in [-0.2, -0.15) is 0 Å². The van der Waals surface area contributed by atoms with Crippen LogP contribution in [-0.4, -0.2) is 42.0 Å². The SMILES string of the molecule is CN1C[C@@H]2[C@@H](CC[C@]3(C)C(OC(=O)NC(C)(C)C)CC[C@@H]23)[C@@]2(C)CCC(=O)C=C12. The largest absolute Gasteiger partial charge is 0.446 e. The highest BCUT2D eigenvalue weighted by molar-refractivity contribution is 5.91. The Bertz CT molecular complexity index is 739. The van der Waals surface area contributed by atoms with Gasteiger partial charge >= 0.3 is 6.09 Å². The summed E-state index contributed by atoms with van der Waals surface area (Å²) in [6.45, 7) is 11.7. The van der Waals surface area contributed by atoms with Gasteiger partial charge in [0.1, 0.15) is 6.10 Å². The van der Waals surface area contributed by atoms with Crippen molar-refractivity contribution in [3.05, 3.63) is 11.8 Å². The molecule has 5 nitrogen and oxygen atoms in total. The topological polar surface area (TPSA) is 58.6 Å². The van der Waals surface area contributed by atoms with Crippen molar-refractivity contribution in [3.63, 3.8) is 0 Å². The summed E-state index contributed by atoms with van der Waals surface area (Å²) in [4.78, 5) is 26.9. The van der Waals surface area contributed by atoms with Gasteiger partial charge in [0.15, 0.2) is 5.78 Å². The predicted octanol–water partition coefficient (Wildman–Crippen LogP) is 4.52. The van der Waals surface area contributed by atoms with Gasteiger partial charge in [0.05, 0.1) is 0 Å². The molecule has 0 spiro atoms. The highest BCUT2D eigenvalue weighted by Crippen LogP contribution is 2.64. The summed E-state index contributed by atoms with van der Waals surface area (Å²) in [6.07, 6.45) is 7.65. The van der Waals surface area contributed by atoms with Crippen LogP contribution >= 0.6 is 0 Å². The van der Waals surface area contributed by atoms with Gasteiger partial charge < -0.3 is 15.0 Å². The summed E-state index contributed by atoms with van der Waals surface area (Å²) in [6, 6.07) is 0. The van der Waals surface area contributed by atoms with Gasteiger partial charge in [-0.15, -0.1) is 0 Å². The molecule has 4 rings (SSSR count). The zero-order valence-electron chi connectivity index (χ0n) is 19.0. The van der Waals surface area contributed by atoms with Crippen LogP contribution in [0.4, 0.5) is 4.79 Å². The summed E-state index contributed by atoms with van der Waals surface area (Å²) in [7, 11) is 2.16. The van der Waals surface area contributed by atoms with Gasteiger partial charge in [0, 0.05) is 48.2 Å². The Balaban J connectivity index is 1.55. The Morgan fingerprint density at radius 3 is 2.59 bits per heavy atom. The molecule has 0 aromatic rings. The van der Waals surface area contributed by atoms with Crippen molar-refractivity contribution in [2.75, 3.05) is 13.6 Å². The number of hydrogen-bond acceptors (Lipinski definition) is 4. The maximum absolute atomic E-state index is 12.5. The molecule has 5 heteroatoms. The molecule has 1 aliphatic heterocycles. The quantitative estimate of drug-likeness (QED) is 0.700. The Hall–Kier alpha value is -1.52. The van der Waals surface area contributed by atoms with E-state index in [-0.39, 0.29) is 34.3 Å². The number of ketones is 1. The average molecular weight is 403 g/mol. The summed E-state index contributed by atoms with van der Waals surface area (Å²) in [5, 5.41) is 2.96. The van der Waals surface area contributed by atoms with Crippen LogP contribution in [0.25, 0.3) is 0 Å². The molecule has 6 atom stereocenters. The molecule has 0 radical (unpaired) electrons. The number of allylic oxidation sites excluding steroid dienone is 2. The number of amides is 1. The van der Waals surface area contributed by atoms with E-state index < -0.39 is 0 Å². The van der Waals surface area contributed by atoms with Crippen molar-refractivity contribution in [1.82, 2.24) is 10.2 Å². The van der Waals surface area contributed by atoms with E-state index in [0.29, 0.717) is 24.2 Å². The minimum absolute atomic E-state index is 0.00113. The van der Waals surface area contributed by atoms with E-state index in [1.807, 2.05) is 26.8 Å². The Morgan fingerprint density at radius 1 is 1.17 bits per heavy atom. The lowest BCUT2D eigenvalue weighted by Gasteiger charge is -2.60.